The molecule has 8 heteroatoms. The number of carbonyl (C=O) groups is 2. The number of carboxylic acid groups (broad SMARTS) is 1. The molecule has 0 aliphatic rings. The van der Waals surface area contributed by atoms with Crippen LogP contribution in [-0.2, 0) is 11.3 Å². The predicted molar refractivity (Wildman–Crippen MR) is 75.5 cm³/mol. The van der Waals surface area contributed by atoms with E-state index in [0.29, 0.717) is 11.3 Å². The maximum Gasteiger partial charge on any atom is 0.358 e. The van der Waals surface area contributed by atoms with Crippen molar-refractivity contribution in [3.8, 4) is 11.3 Å². The van der Waals surface area contributed by atoms with E-state index in [1.165, 1.54) is 9.58 Å². The molecule has 0 saturated heterocycles. The molecule has 2 rings (SSSR count). The first-order valence-electron chi connectivity index (χ1n) is 6.13. The van der Waals surface area contributed by atoms with Crippen molar-refractivity contribution in [2.75, 3.05) is 19.8 Å². The Labute approximate surface area is 120 Å². The number of benzene rings is 1. The molecule has 110 valence electrons. The zero-order chi connectivity index (χ0) is 15.6. The molecule has 0 fully saturated rings. The van der Waals surface area contributed by atoms with Crippen molar-refractivity contribution < 1.29 is 14.7 Å². The van der Waals surface area contributed by atoms with E-state index in [1.54, 1.807) is 38.4 Å². The van der Waals surface area contributed by atoms with E-state index in [0.717, 1.165) is 0 Å². The number of hydrogen-bond donors (Lipinski definition) is 2. The summed E-state index contributed by atoms with van der Waals surface area (Å²) in [5, 5.41) is 16.6. The van der Waals surface area contributed by atoms with Gasteiger partial charge in [-0.3, -0.25) is 4.79 Å². The molecular formula is C13H15N5O3. The van der Waals surface area contributed by atoms with Crippen molar-refractivity contribution >= 4 is 17.6 Å². The second kappa shape index (κ2) is 5.61. The van der Waals surface area contributed by atoms with E-state index in [1.807, 2.05) is 0 Å². The summed E-state index contributed by atoms with van der Waals surface area (Å²) in [6, 6.07) is 6.62. The van der Waals surface area contributed by atoms with E-state index in [4.69, 9.17) is 5.73 Å². The zero-order valence-corrected chi connectivity index (χ0v) is 11.6. The molecule has 0 atom stereocenters. The average Bonchev–Trinajstić information content (AvgIpc) is 2.83. The summed E-state index contributed by atoms with van der Waals surface area (Å²) < 4.78 is 1.28. The van der Waals surface area contributed by atoms with Crippen molar-refractivity contribution in [1.29, 1.82) is 0 Å². The third-order valence-corrected chi connectivity index (χ3v) is 2.91. The van der Waals surface area contributed by atoms with Crippen molar-refractivity contribution in [1.82, 2.24) is 19.9 Å². The summed E-state index contributed by atoms with van der Waals surface area (Å²) >= 11 is 0. The summed E-state index contributed by atoms with van der Waals surface area (Å²) in [6.45, 7) is -0.0903. The summed E-state index contributed by atoms with van der Waals surface area (Å²) in [6.07, 6.45) is 0. The van der Waals surface area contributed by atoms with E-state index in [2.05, 4.69) is 10.3 Å². The van der Waals surface area contributed by atoms with Crippen LogP contribution in [0.4, 0.5) is 5.69 Å². The normalized spacial score (nSPS) is 10.4. The maximum atomic E-state index is 11.8. The van der Waals surface area contributed by atoms with Gasteiger partial charge >= 0.3 is 5.97 Å². The molecular weight excluding hydrogens is 274 g/mol. The largest absolute Gasteiger partial charge is 0.476 e. The topological polar surface area (TPSA) is 114 Å². The molecule has 0 aliphatic heterocycles. The Balaban J connectivity index is 2.50. The summed E-state index contributed by atoms with van der Waals surface area (Å²) in [7, 11) is 3.22. The Hall–Kier alpha value is -2.90. The highest BCUT2D eigenvalue weighted by Gasteiger charge is 2.22. The molecule has 0 radical (unpaired) electrons. The number of aromatic carboxylic acids is 1. The highest BCUT2D eigenvalue weighted by molar-refractivity contribution is 5.93. The lowest BCUT2D eigenvalue weighted by Crippen LogP contribution is -2.27. The van der Waals surface area contributed by atoms with Crippen molar-refractivity contribution in [3.63, 3.8) is 0 Å². The quantitative estimate of drug-likeness (QED) is 0.783. The Bertz CT molecular complexity index is 676. The van der Waals surface area contributed by atoms with Gasteiger partial charge in [0.15, 0.2) is 5.69 Å². The number of amides is 1. The molecule has 1 heterocycles. The average molecular weight is 289 g/mol. The van der Waals surface area contributed by atoms with Gasteiger partial charge in [-0.15, -0.1) is 5.10 Å². The number of aromatic nitrogens is 3. The van der Waals surface area contributed by atoms with Crippen molar-refractivity contribution in [3.05, 3.63) is 30.0 Å². The Morgan fingerprint density at radius 3 is 2.43 bits per heavy atom. The molecule has 3 N–H and O–H groups in total. The van der Waals surface area contributed by atoms with E-state index < -0.39 is 5.97 Å². The van der Waals surface area contributed by atoms with E-state index in [9.17, 15) is 14.7 Å². The third kappa shape index (κ3) is 2.99. The lowest BCUT2D eigenvalue weighted by Gasteiger charge is -2.12. The smallest absolute Gasteiger partial charge is 0.358 e. The fraction of sp³-hybridized carbons (Fsp3) is 0.231. The summed E-state index contributed by atoms with van der Waals surface area (Å²) in [4.78, 5) is 24.5. The number of anilines is 1. The van der Waals surface area contributed by atoms with Gasteiger partial charge in [-0.05, 0) is 12.1 Å². The fourth-order valence-electron chi connectivity index (χ4n) is 1.76. The molecule has 1 amide bonds. The third-order valence-electron chi connectivity index (χ3n) is 2.91. The van der Waals surface area contributed by atoms with Gasteiger partial charge in [-0.1, -0.05) is 17.3 Å². The molecule has 1 aromatic heterocycles. The summed E-state index contributed by atoms with van der Waals surface area (Å²) in [5.41, 5.74) is 6.83. The molecule has 8 nitrogen and oxygen atoms in total. The first-order valence-corrected chi connectivity index (χ1v) is 6.13. The van der Waals surface area contributed by atoms with Crippen LogP contribution < -0.4 is 5.73 Å². The van der Waals surface area contributed by atoms with E-state index >= 15 is 0 Å². The van der Waals surface area contributed by atoms with Crippen LogP contribution in [0.15, 0.2) is 24.3 Å². The molecule has 0 saturated carbocycles. The molecule has 0 spiro atoms. The van der Waals surface area contributed by atoms with Gasteiger partial charge in [0.1, 0.15) is 12.2 Å². The fourth-order valence-corrected chi connectivity index (χ4v) is 1.76. The SMILES string of the molecule is CN(C)C(=O)Cn1nnc(C(=O)O)c1-c1ccc(N)cc1. The van der Waals surface area contributed by atoms with Crippen LogP contribution in [0, 0.1) is 0 Å². The lowest BCUT2D eigenvalue weighted by molar-refractivity contribution is -0.129. The molecule has 2 aromatic rings. The number of nitrogens with two attached hydrogens (primary N) is 1. The lowest BCUT2D eigenvalue weighted by atomic mass is 10.1. The monoisotopic (exact) mass is 289 g/mol. The van der Waals surface area contributed by atoms with Gasteiger partial charge in [0.25, 0.3) is 0 Å². The summed E-state index contributed by atoms with van der Waals surface area (Å²) in [5.74, 6) is -1.42. The standard InChI is InChI=1S/C13H15N5O3/c1-17(2)10(19)7-18-12(11(13(20)21)15-16-18)8-3-5-9(14)6-4-8/h3-6H,7,14H2,1-2H3,(H,20,21). The van der Waals surface area contributed by atoms with Gasteiger partial charge in [-0.2, -0.15) is 0 Å². The highest BCUT2D eigenvalue weighted by atomic mass is 16.4. The van der Waals surface area contributed by atoms with Gasteiger partial charge in [0.2, 0.25) is 5.91 Å². The Morgan fingerprint density at radius 2 is 1.90 bits per heavy atom. The predicted octanol–water partition coefficient (Wildman–Crippen LogP) is 0.314. The van der Waals surface area contributed by atoms with Crippen molar-refractivity contribution in [2.24, 2.45) is 0 Å². The first kappa shape index (κ1) is 14.5. The molecule has 0 aliphatic carbocycles. The second-order valence-electron chi connectivity index (χ2n) is 4.66. The van der Waals surface area contributed by atoms with Crippen LogP contribution in [0.5, 0.6) is 0 Å². The molecule has 1 aromatic carbocycles. The van der Waals surface area contributed by atoms with Crippen LogP contribution in [0.1, 0.15) is 10.5 Å². The minimum Gasteiger partial charge on any atom is -0.476 e. The molecule has 21 heavy (non-hydrogen) atoms. The van der Waals surface area contributed by atoms with Gasteiger partial charge in [-0.25, -0.2) is 9.48 Å². The molecule has 0 bridgehead atoms. The molecule has 0 unspecified atom stereocenters. The number of carboxylic acids is 1. The van der Waals surface area contributed by atoms with Crippen LogP contribution in [-0.4, -0.2) is 51.0 Å². The number of nitrogen functional groups attached to an aromatic ring is 1. The minimum atomic E-state index is -1.20. The number of likely N-dealkylation sites (N-methyl/N-ethyl adjacent to an activating group) is 1. The van der Waals surface area contributed by atoms with Gasteiger partial charge < -0.3 is 15.7 Å². The first-order chi connectivity index (χ1) is 9.90. The minimum absolute atomic E-state index is 0.0903. The van der Waals surface area contributed by atoms with E-state index in [-0.39, 0.29) is 23.8 Å². The maximum absolute atomic E-state index is 11.8. The van der Waals surface area contributed by atoms with Crippen LogP contribution in [0.25, 0.3) is 11.3 Å². The van der Waals surface area contributed by atoms with Gasteiger partial charge in [0, 0.05) is 25.3 Å². The van der Waals surface area contributed by atoms with Crippen LogP contribution >= 0.6 is 0 Å². The highest BCUT2D eigenvalue weighted by Crippen LogP contribution is 2.23. The zero-order valence-electron chi connectivity index (χ0n) is 11.6. The number of hydrogen-bond acceptors (Lipinski definition) is 5. The van der Waals surface area contributed by atoms with Gasteiger partial charge in [0.05, 0.1) is 0 Å². The number of rotatable bonds is 4. The second-order valence-corrected chi connectivity index (χ2v) is 4.66. The Morgan fingerprint density at radius 1 is 1.29 bits per heavy atom. The number of nitrogens with zero attached hydrogens (tertiary/aromatic N) is 4. The number of carbonyl (C=O) groups excluding carboxylic acids is 1. The Kier molecular flexibility index (Phi) is 3.88. The van der Waals surface area contributed by atoms with Crippen LogP contribution in [0.3, 0.4) is 0 Å². The van der Waals surface area contributed by atoms with Crippen molar-refractivity contribution in [2.45, 2.75) is 6.54 Å². The van der Waals surface area contributed by atoms with Crippen LogP contribution in [0.2, 0.25) is 0 Å².